The van der Waals surface area contributed by atoms with Crippen LogP contribution in [0.2, 0.25) is 0 Å². The predicted molar refractivity (Wildman–Crippen MR) is 80.1 cm³/mol. The summed E-state index contributed by atoms with van der Waals surface area (Å²) < 4.78 is 1.55. The molecule has 0 aliphatic heterocycles. The topological polar surface area (TPSA) is 52.0 Å². The number of aromatic nitrogens is 2. The highest BCUT2D eigenvalue weighted by Gasteiger charge is 2.25. The maximum Gasteiger partial charge on any atom is 0.261 e. The zero-order chi connectivity index (χ0) is 14.1. The summed E-state index contributed by atoms with van der Waals surface area (Å²) in [5.74, 6) is 0.281. The highest BCUT2D eigenvalue weighted by atomic mass is 32.2. The van der Waals surface area contributed by atoms with Crippen molar-refractivity contribution in [3.8, 4) is 0 Å². The lowest BCUT2D eigenvalue weighted by molar-refractivity contribution is -0.119. The maximum atomic E-state index is 12.3. The number of benzene rings is 1. The average molecular weight is 288 g/mol. The normalized spacial score (nSPS) is 19.4. The van der Waals surface area contributed by atoms with Gasteiger partial charge in [-0.1, -0.05) is 30.3 Å². The van der Waals surface area contributed by atoms with Crippen molar-refractivity contribution in [2.45, 2.75) is 36.1 Å². The molecule has 4 nitrogen and oxygen atoms in total. The minimum absolute atomic E-state index is 0.0528. The number of carbonyl (C=O) groups is 1. The Hall–Kier alpha value is -1.62. The third kappa shape index (κ3) is 2.38. The molecule has 1 aromatic carbocycles. The molecule has 0 saturated heterocycles. The molecule has 1 aliphatic carbocycles. The summed E-state index contributed by atoms with van der Waals surface area (Å²) in [6.07, 6.45) is 3.59. The Labute approximate surface area is 121 Å². The first-order valence-corrected chi connectivity index (χ1v) is 7.70. The monoisotopic (exact) mass is 288 g/mol. The molecule has 3 rings (SSSR count). The Bertz CT molecular complexity index is 723. The van der Waals surface area contributed by atoms with Crippen LogP contribution < -0.4 is 5.56 Å². The standard InChI is InChI=1S/C15H16N2O2S/c1-17-14(19)10-6-2-3-7-11(10)16-15(17)20-13-9-5-4-8-12(13)18/h2-3,6-7,13H,4-5,8-9H2,1H3. The second-order valence-corrected chi connectivity index (χ2v) is 6.26. The number of fused-ring (bicyclic) bond motifs is 1. The second kappa shape index (κ2) is 5.40. The average Bonchev–Trinajstić information content (AvgIpc) is 2.47. The van der Waals surface area contributed by atoms with Gasteiger partial charge in [-0.15, -0.1) is 0 Å². The third-order valence-electron chi connectivity index (χ3n) is 3.69. The highest BCUT2D eigenvalue weighted by molar-refractivity contribution is 8.00. The smallest absolute Gasteiger partial charge is 0.261 e. The van der Waals surface area contributed by atoms with Crippen LogP contribution in [0.4, 0.5) is 0 Å². The van der Waals surface area contributed by atoms with Gasteiger partial charge in [0, 0.05) is 13.5 Å². The van der Waals surface area contributed by atoms with E-state index in [1.54, 1.807) is 17.7 Å². The molecule has 1 atom stereocenters. The van der Waals surface area contributed by atoms with Crippen LogP contribution in [0.1, 0.15) is 25.7 Å². The SMILES string of the molecule is Cn1c(SC2CCCCC2=O)nc2ccccc2c1=O. The molecule has 0 spiro atoms. The predicted octanol–water partition coefficient (Wildman–Crippen LogP) is 2.54. The molecule has 1 saturated carbocycles. The lowest BCUT2D eigenvalue weighted by atomic mass is 9.99. The van der Waals surface area contributed by atoms with Gasteiger partial charge in [-0.05, 0) is 25.0 Å². The summed E-state index contributed by atoms with van der Waals surface area (Å²) in [6, 6.07) is 7.33. The molecule has 0 amide bonds. The number of hydrogen-bond acceptors (Lipinski definition) is 4. The summed E-state index contributed by atoms with van der Waals surface area (Å²) in [4.78, 5) is 28.8. The Morgan fingerprint density at radius 2 is 2.05 bits per heavy atom. The molecule has 1 fully saturated rings. The van der Waals surface area contributed by atoms with E-state index in [1.165, 1.54) is 11.8 Å². The van der Waals surface area contributed by atoms with Crippen LogP contribution in [0.3, 0.4) is 0 Å². The fourth-order valence-corrected chi connectivity index (χ4v) is 3.69. The summed E-state index contributed by atoms with van der Waals surface area (Å²) in [5.41, 5.74) is 0.641. The Morgan fingerprint density at radius 3 is 2.85 bits per heavy atom. The van der Waals surface area contributed by atoms with Crippen molar-refractivity contribution in [1.82, 2.24) is 9.55 Å². The van der Waals surface area contributed by atoms with Crippen molar-refractivity contribution in [2.75, 3.05) is 0 Å². The van der Waals surface area contributed by atoms with Gasteiger partial charge in [0.1, 0.15) is 5.78 Å². The van der Waals surface area contributed by atoms with E-state index in [2.05, 4.69) is 4.98 Å². The number of rotatable bonds is 2. The number of thioether (sulfide) groups is 1. The molecule has 1 unspecified atom stereocenters. The molecule has 5 heteroatoms. The van der Waals surface area contributed by atoms with Crippen LogP contribution in [0.15, 0.2) is 34.2 Å². The summed E-state index contributed by atoms with van der Waals surface area (Å²) >= 11 is 1.43. The van der Waals surface area contributed by atoms with Crippen molar-refractivity contribution >= 4 is 28.4 Å². The number of carbonyl (C=O) groups excluding carboxylic acids is 1. The summed E-state index contributed by atoms with van der Waals surface area (Å²) in [6.45, 7) is 0. The van der Waals surface area contributed by atoms with Gasteiger partial charge >= 0.3 is 0 Å². The fourth-order valence-electron chi connectivity index (χ4n) is 2.51. The minimum Gasteiger partial charge on any atom is -0.298 e. The molecule has 2 aromatic rings. The first-order valence-electron chi connectivity index (χ1n) is 6.82. The van der Waals surface area contributed by atoms with Gasteiger partial charge in [-0.25, -0.2) is 4.98 Å². The third-order valence-corrected chi connectivity index (χ3v) is 5.05. The van der Waals surface area contributed by atoms with Gasteiger partial charge in [-0.2, -0.15) is 0 Å². The van der Waals surface area contributed by atoms with Crippen LogP contribution >= 0.6 is 11.8 Å². The van der Waals surface area contributed by atoms with Gasteiger partial charge in [0.05, 0.1) is 16.2 Å². The lowest BCUT2D eigenvalue weighted by Crippen LogP contribution is -2.25. The van der Waals surface area contributed by atoms with Gasteiger partial charge in [-0.3, -0.25) is 14.2 Å². The molecule has 104 valence electrons. The quantitative estimate of drug-likeness (QED) is 0.797. The van der Waals surface area contributed by atoms with E-state index in [-0.39, 0.29) is 16.6 Å². The molecular weight excluding hydrogens is 272 g/mol. The number of nitrogens with zero attached hydrogens (tertiary/aromatic N) is 2. The number of ketones is 1. The van der Waals surface area contributed by atoms with Crippen LogP contribution in [-0.2, 0) is 11.8 Å². The number of hydrogen-bond donors (Lipinski definition) is 0. The van der Waals surface area contributed by atoms with Crippen molar-refractivity contribution in [1.29, 1.82) is 0 Å². The highest BCUT2D eigenvalue weighted by Crippen LogP contribution is 2.30. The molecule has 1 heterocycles. The molecule has 0 bridgehead atoms. The first kappa shape index (κ1) is 13.4. The van der Waals surface area contributed by atoms with Crippen LogP contribution in [0, 0.1) is 0 Å². The van der Waals surface area contributed by atoms with E-state index in [1.807, 2.05) is 18.2 Å². The van der Waals surface area contributed by atoms with Crippen molar-refractivity contribution in [2.24, 2.45) is 7.05 Å². The van der Waals surface area contributed by atoms with E-state index >= 15 is 0 Å². The van der Waals surface area contributed by atoms with Gasteiger partial charge in [0.2, 0.25) is 0 Å². The van der Waals surface area contributed by atoms with Crippen molar-refractivity contribution in [3.63, 3.8) is 0 Å². The van der Waals surface area contributed by atoms with Gasteiger partial charge in [0.25, 0.3) is 5.56 Å². The molecular formula is C15H16N2O2S. The lowest BCUT2D eigenvalue weighted by Gasteiger charge is -2.20. The molecule has 1 aliphatic rings. The number of Topliss-reactive ketones (excluding diaryl/α,β-unsaturated/α-hetero) is 1. The van der Waals surface area contributed by atoms with Gasteiger partial charge < -0.3 is 0 Å². The summed E-state index contributed by atoms with van der Waals surface area (Å²) in [7, 11) is 1.72. The van der Waals surface area contributed by atoms with E-state index in [4.69, 9.17) is 0 Å². The molecule has 20 heavy (non-hydrogen) atoms. The largest absolute Gasteiger partial charge is 0.298 e. The minimum atomic E-state index is -0.0543. The second-order valence-electron chi connectivity index (χ2n) is 5.09. The zero-order valence-corrected chi connectivity index (χ0v) is 12.2. The van der Waals surface area contributed by atoms with Crippen LogP contribution in [0.5, 0.6) is 0 Å². The summed E-state index contributed by atoms with van der Waals surface area (Å²) in [5, 5.41) is 1.20. The van der Waals surface area contributed by atoms with Gasteiger partial charge in [0.15, 0.2) is 5.16 Å². The molecule has 0 radical (unpaired) electrons. The Morgan fingerprint density at radius 1 is 1.25 bits per heavy atom. The number of para-hydroxylation sites is 1. The van der Waals surface area contributed by atoms with Crippen molar-refractivity contribution in [3.05, 3.63) is 34.6 Å². The van der Waals surface area contributed by atoms with Crippen molar-refractivity contribution < 1.29 is 4.79 Å². The van der Waals surface area contributed by atoms with E-state index in [0.717, 1.165) is 19.3 Å². The molecule has 0 N–H and O–H groups in total. The maximum absolute atomic E-state index is 12.3. The van der Waals surface area contributed by atoms with Crippen LogP contribution in [-0.4, -0.2) is 20.6 Å². The van der Waals surface area contributed by atoms with E-state index in [9.17, 15) is 9.59 Å². The van der Waals surface area contributed by atoms with Crippen LogP contribution in [0.25, 0.3) is 10.9 Å². The van der Waals surface area contributed by atoms with E-state index < -0.39 is 0 Å². The molecule has 1 aromatic heterocycles. The first-order chi connectivity index (χ1) is 9.66. The zero-order valence-electron chi connectivity index (χ0n) is 11.3. The van der Waals surface area contributed by atoms with E-state index in [0.29, 0.717) is 22.5 Å². The Balaban J connectivity index is 2.01. The Kier molecular flexibility index (Phi) is 3.61. The fraction of sp³-hybridized carbons (Fsp3) is 0.400.